The lowest BCUT2D eigenvalue weighted by Crippen LogP contribution is -2.50. The number of hydrogen-bond donors (Lipinski definition) is 2. The Kier molecular flexibility index (Phi) is 6.20. The maximum Gasteiger partial charge on any atom is 0.287 e. The molecule has 1 aromatic heterocycles. The van der Waals surface area contributed by atoms with E-state index >= 15 is 0 Å². The van der Waals surface area contributed by atoms with E-state index < -0.39 is 11.9 Å². The fourth-order valence-electron chi connectivity index (χ4n) is 2.36. The van der Waals surface area contributed by atoms with Crippen LogP contribution in [-0.2, 0) is 4.79 Å². The molecule has 5 nitrogen and oxygen atoms in total. The van der Waals surface area contributed by atoms with Crippen LogP contribution in [0, 0.1) is 5.92 Å². The summed E-state index contributed by atoms with van der Waals surface area (Å²) in [6, 6.07) is 10.1. The third kappa shape index (κ3) is 4.47. The summed E-state index contributed by atoms with van der Waals surface area (Å²) in [7, 11) is 0. The van der Waals surface area contributed by atoms with Gasteiger partial charge in [0.2, 0.25) is 5.91 Å². The van der Waals surface area contributed by atoms with Crippen LogP contribution >= 0.6 is 15.9 Å². The molecule has 6 heteroatoms. The first kappa shape index (κ1) is 18.3. The predicted octanol–water partition coefficient (Wildman–Crippen LogP) is 3.67. The van der Waals surface area contributed by atoms with Crippen LogP contribution in [0.15, 0.2) is 51.6 Å². The zero-order valence-electron chi connectivity index (χ0n) is 13.9. The molecule has 0 aliphatic heterocycles. The van der Waals surface area contributed by atoms with E-state index in [-0.39, 0.29) is 23.6 Å². The molecular formula is C18H21BrN2O3. The second-order valence-corrected chi connectivity index (χ2v) is 6.78. The molecule has 128 valence electrons. The highest BCUT2D eigenvalue weighted by Gasteiger charge is 2.27. The summed E-state index contributed by atoms with van der Waals surface area (Å²) in [5.41, 5.74) is 0.978. The van der Waals surface area contributed by atoms with Crippen LogP contribution in [0.4, 0.5) is 0 Å². The van der Waals surface area contributed by atoms with Gasteiger partial charge >= 0.3 is 0 Å². The summed E-state index contributed by atoms with van der Waals surface area (Å²) in [5.74, 6) is -0.502. The van der Waals surface area contributed by atoms with E-state index in [9.17, 15) is 9.59 Å². The lowest BCUT2D eigenvalue weighted by molar-refractivity contribution is -0.124. The van der Waals surface area contributed by atoms with E-state index in [4.69, 9.17) is 4.42 Å². The van der Waals surface area contributed by atoms with Crippen molar-refractivity contribution in [1.82, 2.24) is 10.6 Å². The smallest absolute Gasteiger partial charge is 0.287 e. The predicted molar refractivity (Wildman–Crippen MR) is 95.5 cm³/mol. The van der Waals surface area contributed by atoms with Gasteiger partial charge in [0, 0.05) is 4.47 Å². The summed E-state index contributed by atoms with van der Waals surface area (Å²) in [4.78, 5) is 24.8. The molecule has 1 heterocycles. The van der Waals surface area contributed by atoms with Crippen LogP contribution in [0.3, 0.4) is 0 Å². The van der Waals surface area contributed by atoms with E-state index in [1.807, 2.05) is 45.0 Å². The number of rotatable bonds is 6. The standard InChI is InChI=1S/C18H21BrN2O3/c1-11(2)16(21-17(22)15-9-6-10-24-15)18(23)20-12(3)13-7-4-5-8-14(13)19/h4-12,16H,1-3H3,(H,20,23)(H,21,22). The van der Waals surface area contributed by atoms with Crippen molar-refractivity contribution in [3.63, 3.8) is 0 Å². The Morgan fingerprint density at radius 2 is 1.75 bits per heavy atom. The van der Waals surface area contributed by atoms with E-state index in [1.165, 1.54) is 6.26 Å². The quantitative estimate of drug-likeness (QED) is 0.787. The molecule has 2 aromatic rings. The molecule has 1 aromatic carbocycles. The highest BCUT2D eigenvalue weighted by molar-refractivity contribution is 9.10. The van der Waals surface area contributed by atoms with Gasteiger partial charge in [0.1, 0.15) is 6.04 Å². The number of nitrogens with one attached hydrogen (secondary N) is 2. The minimum atomic E-state index is -0.646. The highest BCUT2D eigenvalue weighted by Crippen LogP contribution is 2.23. The minimum Gasteiger partial charge on any atom is -0.459 e. The number of benzene rings is 1. The van der Waals surface area contributed by atoms with Gasteiger partial charge in [-0.3, -0.25) is 9.59 Å². The van der Waals surface area contributed by atoms with Gasteiger partial charge in [-0.15, -0.1) is 0 Å². The molecule has 2 rings (SSSR count). The Bertz CT molecular complexity index is 698. The number of halogens is 1. The first-order chi connectivity index (χ1) is 11.4. The van der Waals surface area contributed by atoms with Crippen molar-refractivity contribution >= 4 is 27.7 Å². The molecule has 2 atom stereocenters. The van der Waals surface area contributed by atoms with Crippen molar-refractivity contribution < 1.29 is 14.0 Å². The molecule has 2 amide bonds. The number of hydrogen-bond acceptors (Lipinski definition) is 3. The van der Waals surface area contributed by atoms with Crippen molar-refractivity contribution in [3.8, 4) is 0 Å². The zero-order chi connectivity index (χ0) is 17.7. The maximum atomic E-state index is 12.6. The fraction of sp³-hybridized carbons (Fsp3) is 0.333. The topological polar surface area (TPSA) is 71.3 Å². The van der Waals surface area contributed by atoms with E-state index in [0.29, 0.717) is 0 Å². The molecule has 24 heavy (non-hydrogen) atoms. The van der Waals surface area contributed by atoms with Gasteiger partial charge in [-0.2, -0.15) is 0 Å². The minimum absolute atomic E-state index is 0.0599. The van der Waals surface area contributed by atoms with Gasteiger partial charge in [-0.1, -0.05) is 48.0 Å². The number of carbonyl (C=O) groups excluding carboxylic acids is 2. The zero-order valence-corrected chi connectivity index (χ0v) is 15.5. The van der Waals surface area contributed by atoms with Crippen LogP contribution in [-0.4, -0.2) is 17.9 Å². The normalized spacial score (nSPS) is 13.4. The molecule has 2 unspecified atom stereocenters. The fourth-order valence-corrected chi connectivity index (χ4v) is 2.99. The Hall–Kier alpha value is -2.08. The van der Waals surface area contributed by atoms with E-state index in [2.05, 4.69) is 26.6 Å². The van der Waals surface area contributed by atoms with Gasteiger partial charge in [-0.25, -0.2) is 0 Å². The molecule has 0 fully saturated rings. The Labute approximate surface area is 149 Å². The molecule has 0 spiro atoms. The monoisotopic (exact) mass is 392 g/mol. The highest BCUT2D eigenvalue weighted by atomic mass is 79.9. The summed E-state index contributed by atoms with van der Waals surface area (Å²) >= 11 is 3.49. The summed E-state index contributed by atoms with van der Waals surface area (Å²) in [5, 5.41) is 5.69. The number of carbonyl (C=O) groups is 2. The Morgan fingerprint density at radius 1 is 1.04 bits per heavy atom. The lowest BCUT2D eigenvalue weighted by Gasteiger charge is -2.24. The first-order valence-electron chi connectivity index (χ1n) is 7.79. The van der Waals surface area contributed by atoms with Gasteiger partial charge < -0.3 is 15.1 Å². The second kappa shape index (κ2) is 8.15. The number of amides is 2. The van der Waals surface area contributed by atoms with Gasteiger partial charge in [0.15, 0.2) is 5.76 Å². The number of furan rings is 1. The first-order valence-corrected chi connectivity index (χ1v) is 8.58. The Morgan fingerprint density at radius 3 is 2.33 bits per heavy atom. The van der Waals surface area contributed by atoms with Crippen LogP contribution in [0.2, 0.25) is 0 Å². The third-order valence-corrected chi connectivity index (χ3v) is 4.43. The molecule has 0 radical (unpaired) electrons. The molecule has 0 bridgehead atoms. The maximum absolute atomic E-state index is 12.6. The van der Waals surface area contributed by atoms with Crippen LogP contribution in [0.25, 0.3) is 0 Å². The lowest BCUT2D eigenvalue weighted by atomic mass is 10.0. The summed E-state index contributed by atoms with van der Waals surface area (Å²) in [6.45, 7) is 5.68. The van der Waals surface area contributed by atoms with E-state index in [1.54, 1.807) is 12.1 Å². The summed E-state index contributed by atoms with van der Waals surface area (Å²) < 4.78 is 6.00. The molecular weight excluding hydrogens is 372 g/mol. The van der Waals surface area contributed by atoms with Crippen molar-refractivity contribution in [1.29, 1.82) is 0 Å². The molecule has 0 aliphatic rings. The SMILES string of the molecule is CC(NC(=O)C(NC(=O)c1ccco1)C(C)C)c1ccccc1Br. The average molecular weight is 393 g/mol. The van der Waals surface area contributed by atoms with Crippen molar-refractivity contribution in [3.05, 3.63) is 58.5 Å². The molecule has 0 aliphatic carbocycles. The van der Waals surface area contributed by atoms with Crippen molar-refractivity contribution in [2.75, 3.05) is 0 Å². The van der Waals surface area contributed by atoms with Crippen molar-refractivity contribution in [2.24, 2.45) is 5.92 Å². The van der Waals surface area contributed by atoms with E-state index in [0.717, 1.165) is 10.0 Å². The van der Waals surface area contributed by atoms with Gasteiger partial charge in [0.05, 0.1) is 12.3 Å². The van der Waals surface area contributed by atoms with Crippen molar-refractivity contribution in [2.45, 2.75) is 32.9 Å². The second-order valence-electron chi connectivity index (χ2n) is 5.92. The Balaban J connectivity index is 2.06. The average Bonchev–Trinajstić information content (AvgIpc) is 3.06. The largest absolute Gasteiger partial charge is 0.459 e. The molecule has 0 saturated carbocycles. The molecule has 0 saturated heterocycles. The van der Waals surface area contributed by atoms with Crippen LogP contribution in [0.1, 0.15) is 42.9 Å². The van der Waals surface area contributed by atoms with Crippen LogP contribution in [0.5, 0.6) is 0 Å². The summed E-state index contributed by atoms with van der Waals surface area (Å²) in [6.07, 6.45) is 1.42. The third-order valence-electron chi connectivity index (χ3n) is 3.71. The van der Waals surface area contributed by atoms with Crippen LogP contribution < -0.4 is 10.6 Å². The molecule has 2 N–H and O–H groups in total. The van der Waals surface area contributed by atoms with Gasteiger partial charge in [0.25, 0.3) is 5.91 Å². The van der Waals surface area contributed by atoms with Gasteiger partial charge in [-0.05, 0) is 36.6 Å².